The number of phenols is 3. The fourth-order valence-electron chi connectivity index (χ4n) is 5.24. The Kier molecular flexibility index (Phi) is 11.3. The number of carbonyl (C=O) groups is 1. The lowest BCUT2D eigenvalue weighted by molar-refractivity contribution is -0.396. The van der Waals surface area contributed by atoms with E-state index in [1.165, 1.54) is 0 Å². The van der Waals surface area contributed by atoms with E-state index < -0.39 is 140 Å². The molecule has 21 nitrogen and oxygen atoms in total. The highest BCUT2D eigenvalue weighted by Crippen LogP contribution is 2.38. The third-order valence-electron chi connectivity index (χ3n) is 7.99. The quantitative estimate of drug-likeness (QED) is 0.0857. The molecule has 1 aromatic rings. The number of esters is 1. The van der Waals surface area contributed by atoms with Crippen LogP contribution in [0.5, 0.6) is 17.2 Å². The molecule has 3 saturated heterocycles. The van der Waals surface area contributed by atoms with Crippen LogP contribution in [0.4, 0.5) is 0 Å². The highest BCUT2D eigenvalue weighted by Gasteiger charge is 2.58. The van der Waals surface area contributed by atoms with Crippen molar-refractivity contribution in [2.24, 2.45) is 17.2 Å². The van der Waals surface area contributed by atoms with Crippen LogP contribution in [0.2, 0.25) is 0 Å². The lowest BCUT2D eigenvalue weighted by Crippen LogP contribution is -2.72. The Morgan fingerprint density at radius 2 is 1.26 bits per heavy atom. The molecule has 4 rings (SSSR count). The van der Waals surface area contributed by atoms with Crippen LogP contribution >= 0.6 is 0 Å². The average molecular weight is 670 g/mol. The van der Waals surface area contributed by atoms with E-state index in [1.807, 2.05) is 0 Å². The SMILES string of the molecule is N[C@H]1[C@@H](OC2[C@@H](CO)O[C@@H](OC3[C@@H](CO)O[C@@H](O)[C@H](N)[C@H]3O)[C@H](N)[C@H]2O)O[C@](CO)(OC(=O)c2cc(O)c(O)c(O)c2)[C@@H](O)[C@@H]1O. The molecule has 46 heavy (non-hydrogen) atoms. The van der Waals surface area contributed by atoms with Gasteiger partial charge in [-0.05, 0) is 12.1 Å². The molecule has 0 saturated carbocycles. The summed E-state index contributed by atoms with van der Waals surface area (Å²) in [5, 5.41) is 112. The Morgan fingerprint density at radius 1 is 0.761 bits per heavy atom. The summed E-state index contributed by atoms with van der Waals surface area (Å²) in [5.41, 5.74) is 17.2. The second kappa shape index (κ2) is 14.3. The molecule has 0 radical (unpaired) electrons. The average Bonchev–Trinajstić information content (AvgIpc) is 3.03. The predicted octanol–water partition coefficient (Wildman–Crippen LogP) is -7.37. The number of aliphatic hydroxyl groups excluding tert-OH is 8. The number of phenolic OH excluding ortho intramolecular Hbond substituents is 3. The van der Waals surface area contributed by atoms with Crippen LogP contribution in [0.1, 0.15) is 10.4 Å². The van der Waals surface area contributed by atoms with Gasteiger partial charge in [-0.3, -0.25) is 0 Å². The van der Waals surface area contributed by atoms with Gasteiger partial charge in [0.25, 0.3) is 5.79 Å². The van der Waals surface area contributed by atoms with Gasteiger partial charge < -0.3 is 102 Å². The van der Waals surface area contributed by atoms with E-state index >= 15 is 0 Å². The summed E-state index contributed by atoms with van der Waals surface area (Å²) in [6.07, 6.45) is -18.7. The Balaban J connectivity index is 1.53. The lowest BCUT2D eigenvalue weighted by atomic mass is 9.93. The molecule has 3 heterocycles. The monoisotopic (exact) mass is 669 g/mol. The third-order valence-corrected chi connectivity index (χ3v) is 7.99. The Morgan fingerprint density at radius 3 is 1.80 bits per heavy atom. The first-order chi connectivity index (χ1) is 21.6. The van der Waals surface area contributed by atoms with Crippen LogP contribution in [0.3, 0.4) is 0 Å². The molecule has 2 unspecified atom stereocenters. The van der Waals surface area contributed by atoms with Gasteiger partial charge in [-0.15, -0.1) is 0 Å². The van der Waals surface area contributed by atoms with E-state index in [0.717, 1.165) is 0 Å². The molecule has 0 spiro atoms. The summed E-state index contributed by atoms with van der Waals surface area (Å²) in [5.74, 6) is -7.03. The summed E-state index contributed by atoms with van der Waals surface area (Å²) in [7, 11) is 0. The zero-order valence-electron chi connectivity index (χ0n) is 23.9. The van der Waals surface area contributed by atoms with Crippen molar-refractivity contribution >= 4 is 5.97 Å². The van der Waals surface area contributed by atoms with Crippen molar-refractivity contribution < 1.29 is 89.4 Å². The van der Waals surface area contributed by atoms with Crippen LogP contribution in [0.25, 0.3) is 0 Å². The number of hydrogen-bond acceptors (Lipinski definition) is 21. The number of ether oxygens (including phenoxy) is 6. The predicted molar refractivity (Wildman–Crippen MR) is 143 cm³/mol. The summed E-state index contributed by atoms with van der Waals surface area (Å²) < 4.78 is 32.8. The Hall–Kier alpha value is -2.55. The number of rotatable bonds is 9. The highest BCUT2D eigenvalue weighted by molar-refractivity contribution is 5.91. The van der Waals surface area contributed by atoms with E-state index in [9.17, 15) is 61.0 Å². The minimum Gasteiger partial charge on any atom is -0.504 e. The standard InChI is InChI=1S/C25H39N3O18/c26-11-15(35)18(9(3-29)41-22(11)40)43-23-12(27)16(36)19(10(4-30)42-23)44-24-13(28)17(37)20(38)25(5-31,46-24)45-21(39)6-1-7(32)14(34)8(33)2-6/h1-2,9-13,15-20,22-24,29-38,40H,3-5,26-28H2/t9-,10-,11-,12-,13-,15-,16-,17-,18?,19?,20+,22-,23+,24+,25+/m1/s1. The molecule has 3 aliphatic heterocycles. The van der Waals surface area contributed by atoms with Crippen molar-refractivity contribution in [1.82, 2.24) is 0 Å². The number of aromatic hydroxyl groups is 3. The van der Waals surface area contributed by atoms with Crippen molar-refractivity contribution in [2.75, 3.05) is 19.8 Å². The molecule has 0 amide bonds. The summed E-state index contributed by atoms with van der Waals surface area (Å²) in [4.78, 5) is 12.9. The first-order valence-corrected chi connectivity index (χ1v) is 13.9. The molecule has 15 atom stereocenters. The smallest absolute Gasteiger partial charge is 0.341 e. The maximum Gasteiger partial charge on any atom is 0.341 e. The van der Waals surface area contributed by atoms with E-state index in [2.05, 4.69) is 0 Å². The van der Waals surface area contributed by atoms with Crippen LogP contribution in [-0.4, -0.2) is 174 Å². The largest absolute Gasteiger partial charge is 0.504 e. The minimum absolute atomic E-state index is 0.584. The number of carbonyl (C=O) groups excluding carboxylic acids is 1. The molecule has 0 aliphatic carbocycles. The lowest BCUT2D eigenvalue weighted by Gasteiger charge is -2.50. The summed E-state index contributed by atoms with van der Waals surface area (Å²) in [6.45, 7) is -2.93. The second-order valence-corrected chi connectivity index (χ2v) is 11.0. The fraction of sp³-hybridized carbons (Fsp3) is 0.720. The maximum absolute atomic E-state index is 12.9. The van der Waals surface area contributed by atoms with Gasteiger partial charge in [0.15, 0.2) is 36.1 Å². The topological polar surface area (TPSA) is 373 Å². The molecule has 3 fully saturated rings. The van der Waals surface area contributed by atoms with E-state index in [1.54, 1.807) is 0 Å². The Bertz CT molecular complexity index is 1190. The number of aliphatic hydroxyl groups is 8. The number of benzene rings is 1. The maximum atomic E-state index is 12.9. The molecule has 3 aliphatic rings. The van der Waals surface area contributed by atoms with Gasteiger partial charge in [-0.2, -0.15) is 0 Å². The molecule has 0 aromatic heterocycles. The van der Waals surface area contributed by atoms with Crippen molar-refractivity contribution in [3.8, 4) is 17.2 Å². The van der Waals surface area contributed by atoms with Crippen molar-refractivity contribution in [3.63, 3.8) is 0 Å². The summed E-state index contributed by atoms with van der Waals surface area (Å²) >= 11 is 0. The van der Waals surface area contributed by atoms with Crippen molar-refractivity contribution in [3.05, 3.63) is 17.7 Å². The fourth-order valence-corrected chi connectivity index (χ4v) is 5.24. The van der Waals surface area contributed by atoms with Gasteiger partial charge in [-0.25, -0.2) is 4.79 Å². The molecule has 262 valence electrons. The van der Waals surface area contributed by atoms with Crippen LogP contribution < -0.4 is 17.2 Å². The minimum atomic E-state index is -2.80. The van der Waals surface area contributed by atoms with Gasteiger partial charge in [0.2, 0.25) is 0 Å². The first kappa shape index (κ1) is 36.3. The van der Waals surface area contributed by atoms with Gasteiger partial charge in [0.1, 0.15) is 55.4 Å². The molecule has 1 aromatic carbocycles. The molecule has 0 bridgehead atoms. The highest BCUT2D eigenvalue weighted by atomic mass is 16.8. The van der Waals surface area contributed by atoms with Gasteiger partial charge in [-0.1, -0.05) is 0 Å². The van der Waals surface area contributed by atoms with E-state index in [4.69, 9.17) is 45.6 Å². The third kappa shape index (κ3) is 6.72. The zero-order valence-corrected chi connectivity index (χ0v) is 23.9. The van der Waals surface area contributed by atoms with E-state index in [-0.39, 0.29) is 0 Å². The number of hydrogen-bond donors (Lipinski definition) is 14. The zero-order chi connectivity index (χ0) is 34.2. The van der Waals surface area contributed by atoms with E-state index in [0.29, 0.717) is 12.1 Å². The molecule has 21 heteroatoms. The first-order valence-electron chi connectivity index (χ1n) is 13.9. The number of nitrogens with two attached hydrogens (primary N) is 3. The van der Waals surface area contributed by atoms with Crippen LogP contribution in [-0.2, 0) is 28.4 Å². The normalized spacial score (nSPS) is 43.3. The van der Waals surface area contributed by atoms with Crippen LogP contribution in [0, 0.1) is 0 Å². The summed E-state index contributed by atoms with van der Waals surface area (Å²) in [6, 6.07) is -3.16. The second-order valence-electron chi connectivity index (χ2n) is 11.0. The van der Waals surface area contributed by atoms with Gasteiger partial charge in [0.05, 0.1) is 36.9 Å². The molecule has 17 N–H and O–H groups in total. The molecular formula is C25H39N3O18. The van der Waals surface area contributed by atoms with Gasteiger partial charge >= 0.3 is 5.97 Å². The van der Waals surface area contributed by atoms with Crippen molar-refractivity contribution in [1.29, 1.82) is 0 Å². The van der Waals surface area contributed by atoms with Crippen LogP contribution in [0.15, 0.2) is 12.1 Å². The Labute approximate surface area is 259 Å². The van der Waals surface area contributed by atoms with Gasteiger partial charge in [0, 0.05) is 0 Å². The molecular weight excluding hydrogens is 630 g/mol. The van der Waals surface area contributed by atoms with Crippen molar-refractivity contribution in [2.45, 2.75) is 91.6 Å².